The van der Waals surface area contributed by atoms with Gasteiger partial charge in [-0.3, -0.25) is 4.79 Å². The number of nitrogens with zero attached hydrogens (tertiary/aromatic N) is 2. The van der Waals surface area contributed by atoms with E-state index >= 15 is 0 Å². The highest BCUT2D eigenvalue weighted by atomic mass is 19.1. The first-order valence-corrected chi connectivity index (χ1v) is 7.36. The van der Waals surface area contributed by atoms with Gasteiger partial charge in [-0.1, -0.05) is 19.4 Å². The number of rotatable bonds is 3. The molecular weight excluding hydrogens is 271 g/mol. The summed E-state index contributed by atoms with van der Waals surface area (Å²) in [4.78, 5) is 15.9. The van der Waals surface area contributed by atoms with Crippen LogP contribution in [0.25, 0.3) is 11.0 Å². The second kappa shape index (κ2) is 5.13. The molecule has 1 fully saturated rings. The molecule has 0 saturated heterocycles. The van der Waals surface area contributed by atoms with Gasteiger partial charge >= 0.3 is 5.97 Å². The summed E-state index contributed by atoms with van der Waals surface area (Å²) >= 11 is 0. The molecule has 1 aromatic carbocycles. The Bertz CT molecular complexity index is 695. The molecule has 0 spiro atoms. The van der Waals surface area contributed by atoms with Gasteiger partial charge in [0.05, 0.1) is 11.4 Å². The maximum atomic E-state index is 13.9. The molecule has 0 bridgehead atoms. The van der Waals surface area contributed by atoms with Crippen LogP contribution in [0.4, 0.5) is 4.39 Å². The van der Waals surface area contributed by atoms with E-state index < -0.39 is 11.9 Å². The first kappa shape index (κ1) is 14.0. The summed E-state index contributed by atoms with van der Waals surface area (Å²) in [5.41, 5.74) is 1.05. The second-order valence-corrected chi connectivity index (χ2v) is 5.93. The van der Waals surface area contributed by atoms with Crippen molar-refractivity contribution in [1.82, 2.24) is 9.55 Å². The van der Waals surface area contributed by atoms with Crippen molar-refractivity contribution >= 4 is 17.0 Å². The molecule has 1 aliphatic carbocycles. The molecule has 1 N–H and O–H groups in total. The zero-order valence-electron chi connectivity index (χ0n) is 12.2. The quantitative estimate of drug-likeness (QED) is 0.943. The zero-order chi connectivity index (χ0) is 15.1. The molecule has 3 rings (SSSR count). The Morgan fingerprint density at radius 2 is 2.24 bits per heavy atom. The smallest absolute Gasteiger partial charge is 0.307 e. The van der Waals surface area contributed by atoms with Gasteiger partial charge in [-0.15, -0.1) is 0 Å². The van der Waals surface area contributed by atoms with Crippen LogP contribution < -0.4 is 0 Å². The van der Waals surface area contributed by atoms with Gasteiger partial charge in [-0.05, 0) is 30.9 Å². The molecule has 3 atom stereocenters. The monoisotopic (exact) mass is 290 g/mol. The van der Waals surface area contributed by atoms with E-state index in [0.29, 0.717) is 29.2 Å². The van der Waals surface area contributed by atoms with E-state index in [1.165, 1.54) is 6.07 Å². The summed E-state index contributed by atoms with van der Waals surface area (Å²) in [5, 5.41) is 9.47. The van der Waals surface area contributed by atoms with Crippen LogP contribution in [-0.2, 0) is 11.8 Å². The number of imidazole rings is 1. The highest BCUT2D eigenvalue weighted by Crippen LogP contribution is 2.44. The van der Waals surface area contributed by atoms with E-state index in [1.807, 2.05) is 17.7 Å². The molecule has 2 aromatic rings. The van der Waals surface area contributed by atoms with Crippen molar-refractivity contribution in [3.63, 3.8) is 0 Å². The van der Waals surface area contributed by atoms with Crippen molar-refractivity contribution in [3.8, 4) is 0 Å². The Balaban J connectivity index is 2.09. The normalized spacial score (nSPS) is 25.6. The van der Waals surface area contributed by atoms with Gasteiger partial charge in [0.1, 0.15) is 11.3 Å². The summed E-state index contributed by atoms with van der Waals surface area (Å²) in [6.07, 6.45) is 2.47. The second-order valence-electron chi connectivity index (χ2n) is 5.93. The highest BCUT2D eigenvalue weighted by molar-refractivity contribution is 5.77. The lowest BCUT2D eigenvalue weighted by atomic mass is 9.95. The van der Waals surface area contributed by atoms with Crippen LogP contribution in [0, 0.1) is 17.7 Å². The van der Waals surface area contributed by atoms with Crippen molar-refractivity contribution in [3.05, 3.63) is 29.8 Å². The Hall–Kier alpha value is -1.91. The lowest BCUT2D eigenvalue weighted by Gasteiger charge is -2.15. The van der Waals surface area contributed by atoms with E-state index in [9.17, 15) is 14.3 Å². The fourth-order valence-corrected chi connectivity index (χ4v) is 3.56. The molecule has 1 aromatic heterocycles. The standard InChI is InChI=1S/C16H19FN2O2/c1-3-9-7-10(11(8-9)16(20)21)15-18-14-12(17)5-4-6-13(14)19(15)2/h4-6,9-11H,3,7-8H2,1-2H3,(H,20,21). The number of para-hydroxylation sites is 1. The van der Waals surface area contributed by atoms with Gasteiger partial charge < -0.3 is 9.67 Å². The van der Waals surface area contributed by atoms with Crippen LogP contribution in [0.3, 0.4) is 0 Å². The molecule has 5 heteroatoms. The Labute approximate surface area is 122 Å². The summed E-state index contributed by atoms with van der Waals surface area (Å²) in [7, 11) is 1.84. The zero-order valence-corrected chi connectivity index (χ0v) is 12.2. The number of aryl methyl sites for hydroxylation is 1. The number of hydrogen-bond acceptors (Lipinski definition) is 2. The SMILES string of the molecule is CCC1CC(C(=O)O)C(c2nc3c(F)cccc3n2C)C1. The van der Waals surface area contributed by atoms with E-state index in [0.717, 1.165) is 12.8 Å². The molecule has 21 heavy (non-hydrogen) atoms. The van der Waals surface area contributed by atoms with E-state index in [4.69, 9.17) is 0 Å². The van der Waals surface area contributed by atoms with Gasteiger partial charge in [0, 0.05) is 13.0 Å². The average molecular weight is 290 g/mol. The number of aliphatic carboxylic acids is 1. The predicted octanol–water partition coefficient (Wildman–Crippen LogP) is 3.32. The minimum Gasteiger partial charge on any atom is -0.481 e. The molecule has 0 amide bonds. The van der Waals surface area contributed by atoms with Gasteiger partial charge in [-0.25, -0.2) is 9.37 Å². The van der Waals surface area contributed by atoms with Crippen LogP contribution in [0.1, 0.15) is 37.9 Å². The molecular formula is C16H19FN2O2. The van der Waals surface area contributed by atoms with Crippen molar-refractivity contribution in [1.29, 1.82) is 0 Å². The predicted molar refractivity (Wildman–Crippen MR) is 77.6 cm³/mol. The molecule has 1 heterocycles. The number of carboxylic acid groups (broad SMARTS) is 1. The first-order valence-electron chi connectivity index (χ1n) is 7.36. The van der Waals surface area contributed by atoms with Crippen LogP contribution >= 0.6 is 0 Å². The van der Waals surface area contributed by atoms with Crippen LogP contribution in [-0.4, -0.2) is 20.6 Å². The maximum absolute atomic E-state index is 13.9. The van der Waals surface area contributed by atoms with Crippen LogP contribution in [0.15, 0.2) is 18.2 Å². The number of carboxylic acids is 1. The lowest BCUT2D eigenvalue weighted by molar-refractivity contribution is -0.142. The molecule has 0 aliphatic heterocycles. The molecule has 0 radical (unpaired) electrons. The van der Waals surface area contributed by atoms with Crippen LogP contribution in [0.5, 0.6) is 0 Å². The highest BCUT2D eigenvalue weighted by Gasteiger charge is 2.41. The number of carbonyl (C=O) groups is 1. The summed E-state index contributed by atoms with van der Waals surface area (Å²) in [5.74, 6) is -0.591. The average Bonchev–Trinajstić information content (AvgIpc) is 3.02. The Morgan fingerprint density at radius 1 is 1.48 bits per heavy atom. The third-order valence-electron chi connectivity index (χ3n) is 4.78. The third kappa shape index (κ3) is 2.20. The van der Waals surface area contributed by atoms with Gasteiger partial charge in [0.25, 0.3) is 0 Å². The summed E-state index contributed by atoms with van der Waals surface area (Å²) in [6, 6.07) is 4.86. The molecule has 1 aliphatic rings. The summed E-state index contributed by atoms with van der Waals surface area (Å²) < 4.78 is 15.7. The number of aromatic nitrogens is 2. The number of benzene rings is 1. The lowest BCUT2D eigenvalue weighted by Crippen LogP contribution is -2.19. The number of halogens is 1. The fourth-order valence-electron chi connectivity index (χ4n) is 3.56. The number of fused-ring (bicyclic) bond motifs is 1. The first-order chi connectivity index (χ1) is 10.0. The van der Waals surface area contributed by atoms with Gasteiger partial charge in [0.2, 0.25) is 0 Å². The topological polar surface area (TPSA) is 55.1 Å². The van der Waals surface area contributed by atoms with E-state index in [1.54, 1.807) is 6.07 Å². The van der Waals surface area contributed by atoms with Crippen LogP contribution in [0.2, 0.25) is 0 Å². The van der Waals surface area contributed by atoms with E-state index in [-0.39, 0.29) is 11.7 Å². The summed E-state index contributed by atoms with van der Waals surface area (Å²) in [6.45, 7) is 2.08. The molecule has 4 nitrogen and oxygen atoms in total. The molecule has 3 unspecified atom stereocenters. The number of hydrogen-bond donors (Lipinski definition) is 1. The minimum atomic E-state index is -0.775. The Kier molecular flexibility index (Phi) is 3.43. The van der Waals surface area contributed by atoms with Crippen molar-refractivity contribution < 1.29 is 14.3 Å². The van der Waals surface area contributed by atoms with E-state index in [2.05, 4.69) is 11.9 Å². The maximum Gasteiger partial charge on any atom is 0.307 e. The third-order valence-corrected chi connectivity index (χ3v) is 4.78. The van der Waals surface area contributed by atoms with Gasteiger partial charge in [0.15, 0.2) is 5.82 Å². The van der Waals surface area contributed by atoms with Crippen molar-refractivity contribution in [2.24, 2.45) is 18.9 Å². The van der Waals surface area contributed by atoms with Crippen molar-refractivity contribution in [2.45, 2.75) is 32.1 Å². The minimum absolute atomic E-state index is 0.135. The van der Waals surface area contributed by atoms with Crippen molar-refractivity contribution in [2.75, 3.05) is 0 Å². The molecule has 1 saturated carbocycles. The molecule has 112 valence electrons. The Morgan fingerprint density at radius 3 is 2.86 bits per heavy atom. The largest absolute Gasteiger partial charge is 0.481 e. The fraction of sp³-hybridized carbons (Fsp3) is 0.500. The van der Waals surface area contributed by atoms with Gasteiger partial charge in [-0.2, -0.15) is 0 Å².